The summed E-state index contributed by atoms with van der Waals surface area (Å²) in [6, 6.07) is 7.54. The standard InChI is InChI=1S/C11H14BrNO2S/c1-13-10(11(14)15)6-7-16-9-4-2-8(12)3-5-9/h2-5,10,13H,6-7H2,1H3,(H,14,15). The van der Waals surface area contributed by atoms with Crippen molar-refractivity contribution in [3.63, 3.8) is 0 Å². The number of carboxylic acid groups (broad SMARTS) is 1. The SMILES string of the molecule is CNC(CCSc1ccc(Br)cc1)C(=O)O. The Labute approximate surface area is 108 Å². The highest BCUT2D eigenvalue weighted by Crippen LogP contribution is 2.21. The molecule has 0 fully saturated rings. The van der Waals surface area contributed by atoms with Crippen molar-refractivity contribution in [2.24, 2.45) is 0 Å². The lowest BCUT2D eigenvalue weighted by molar-refractivity contribution is -0.139. The predicted octanol–water partition coefficient (Wildman–Crippen LogP) is 2.60. The molecular formula is C11H14BrNO2S. The first-order valence-corrected chi connectivity index (χ1v) is 6.70. The summed E-state index contributed by atoms with van der Waals surface area (Å²) in [5, 5.41) is 11.6. The van der Waals surface area contributed by atoms with Crippen molar-refractivity contribution in [2.45, 2.75) is 17.4 Å². The number of likely N-dealkylation sites (N-methyl/N-ethyl adjacent to an activating group) is 1. The van der Waals surface area contributed by atoms with E-state index in [-0.39, 0.29) is 0 Å². The van der Waals surface area contributed by atoms with Crippen LogP contribution in [-0.4, -0.2) is 29.9 Å². The highest BCUT2D eigenvalue weighted by atomic mass is 79.9. The average molecular weight is 304 g/mol. The number of aliphatic carboxylic acids is 1. The van der Waals surface area contributed by atoms with Gasteiger partial charge >= 0.3 is 5.97 Å². The van der Waals surface area contributed by atoms with Gasteiger partial charge in [-0.3, -0.25) is 4.79 Å². The summed E-state index contributed by atoms with van der Waals surface area (Å²) in [5.41, 5.74) is 0. The molecule has 0 saturated heterocycles. The van der Waals surface area contributed by atoms with Crippen LogP contribution in [0.4, 0.5) is 0 Å². The molecule has 0 aromatic heterocycles. The number of halogens is 1. The van der Waals surface area contributed by atoms with Crippen LogP contribution in [0.5, 0.6) is 0 Å². The molecule has 3 nitrogen and oxygen atoms in total. The zero-order valence-corrected chi connectivity index (χ0v) is 11.3. The molecule has 1 aromatic carbocycles. The molecule has 1 unspecified atom stereocenters. The maximum Gasteiger partial charge on any atom is 0.320 e. The fraction of sp³-hybridized carbons (Fsp3) is 0.364. The van der Waals surface area contributed by atoms with E-state index in [1.807, 2.05) is 24.3 Å². The normalized spacial score (nSPS) is 12.4. The molecule has 88 valence electrons. The summed E-state index contributed by atoms with van der Waals surface area (Å²) in [7, 11) is 1.67. The van der Waals surface area contributed by atoms with E-state index in [9.17, 15) is 4.79 Å². The van der Waals surface area contributed by atoms with Crippen LogP contribution in [-0.2, 0) is 4.79 Å². The molecule has 1 atom stereocenters. The Morgan fingerprint density at radius 2 is 2.12 bits per heavy atom. The second kappa shape index (κ2) is 6.93. The summed E-state index contributed by atoms with van der Waals surface area (Å²) in [4.78, 5) is 11.9. The Hall–Kier alpha value is -0.520. The first-order valence-electron chi connectivity index (χ1n) is 4.92. The second-order valence-corrected chi connectivity index (χ2v) is 5.35. The molecule has 0 aliphatic rings. The smallest absolute Gasteiger partial charge is 0.320 e. The van der Waals surface area contributed by atoms with Crippen LogP contribution in [0.2, 0.25) is 0 Å². The zero-order chi connectivity index (χ0) is 12.0. The molecule has 0 aliphatic carbocycles. The van der Waals surface area contributed by atoms with Gasteiger partial charge in [0.2, 0.25) is 0 Å². The van der Waals surface area contributed by atoms with Crippen molar-refractivity contribution in [1.82, 2.24) is 5.32 Å². The number of carboxylic acids is 1. The fourth-order valence-electron chi connectivity index (χ4n) is 1.22. The van der Waals surface area contributed by atoms with Gasteiger partial charge in [-0.2, -0.15) is 0 Å². The van der Waals surface area contributed by atoms with Gasteiger partial charge in [-0.1, -0.05) is 15.9 Å². The van der Waals surface area contributed by atoms with Crippen molar-refractivity contribution >= 4 is 33.7 Å². The summed E-state index contributed by atoms with van der Waals surface area (Å²) < 4.78 is 1.05. The van der Waals surface area contributed by atoms with Gasteiger partial charge in [0.15, 0.2) is 0 Å². The Morgan fingerprint density at radius 1 is 1.50 bits per heavy atom. The number of rotatable bonds is 6. The number of hydrogen-bond acceptors (Lipinski definition) is 3. The molecule has 0 heterocycles. The van der Waals surface area contributed by atoms with E-state index in [0.29, 0.717) is 6.42 Å². The van der Waals surface area contributed by atoms with Crippen molar-refractivity contribution in [1.29, 1.82) is 0 Å². The van der Waals surface area contributed by atoms with Crippen LogP contribution in [0.3, 0.4) is 0 Å². The summed E-state index contributed by atoms with van der Waals surface area (Å²) in [6.45, 7) is 0. The maximum absolute atomic E-state index is 10.7. The minimum Gasteiger partial charge on any atom is -0.480 e. The highest BCUT2D eigenvalue weighted by molar-refractivity contribution is 9.10. The largest absolute Gasteiger partial charge is 0.480 e. The molecular weight excluding hydrogens is 290 g/mol. The van der Waals surface area contributed by atoms with Crippen molar-refractivity contribution < 1.29 is 9.90 Å². The molecule has 0 bridgehead atoms. The van der Waals surface area contributed by atoms with Gasteiger partial charge in [0.05, 0.1) is 0 Å². The number of thioether (sulfide) groups is 1. The molecule has 16 heavy (non-hydrogen) atoms. The third-order valence-electron chi connectivity index (χ3n) is 2.14. The Morgan fingerprint density at radius 3 is 2.62 bits per heavy atom. The first kappa shape index (κ1) is 13.5. The lowest BCUT2D eigenvalue weighted by Gasteiger charge is -2.10. The average Bonchev–Trinajstić information content (AvgIpc) is 2.26. The van der Waals surface area contributed by atoms with E-state index in [1.54, 1.807) is 18.8 Å². The summed E-state index contributed by atoms with van der Waals surface area (Å²) in [5.74, 6) is -0.00157. The predicted molar refractivity (Wildman–Crippen MR) is 70.0 cm³/mol. The van der Waals surface area contributed by atoms with Gasteiger partial charge in [0.25, 0.3) is 0 Å². The molecule has 5 heteroatoms. The van der Waals surface area contributed by atoms with Gasteiger partial charge in [-0.25, -0.2) is 0 Å². The Bertz CT molecular complexity index is 342. The lowest BCUT2D eigenvalue weighted by atomic mass is 10.2. The topological polar surface area (TPSA) is 49.3 Å². The third-order valence-corrected chi connectivity index (χ3v) is 3.71. The molecule has 0 saturated carbocycles. The highest BCUT2D eigenvalue weighted by Gasteiger charge is 2.13. The van der Waals surface area contributed by atoms with Crippen molar-refractivity contribution in [3.8, 4) is 0 Å². The number of hydrogen-bond donors (Lipinski definition) is 2. The Balaban J connectivity index is 2.35. The summed E-state index contributed by atoms with van der Waals surface area (Å²) in [6.07, 6.45) is 0.618. The molecule has 0 radical (unpaired) electrons. The van der Waals surface area contributed by atoms with E-state index in [0.717, 1.165) is 15.1 Å². The monoisotopic (exact) mass is 303 g/mol. The quantitative estimate of drug-likeness (QED) is 0.793. The minimum atomic E-state index is -0.793. The van der Waals surface area contributed by atoms with Gasteiger partial charge in [0.1, 0.15) is 6.04 Å². The van der Waals surface area contributed by atoms with Gasteiger partial charge in [-0.15, -0.1) is 11.8 Å². The molecule has 2 N–H and O–H groups in total. The van der Waals surface area contributed by atoms with Crippen LogP contribution in [0.15, 0.2) is 33.6 Å². The van der Waals surface area contributed by atoms with Crippen LogP contribution in [0, 0.1) is 0 Å². The van der Waals surface area contributed by atoms with E-state index in [2.05, 4.69) is 21.2 Å². The maximum atomic E-state index is 10.7. The minimum absolute atomic E-state index is 0.456. The van der Waals surface area contributed by atoms with E-state index in [1.165, 1.54) is 0 Å². The van der Waals surface area contributed by atoms with Crippen LogP contribution in [0.1, 0.15) is 6.42 Å². The summed E-state index contributed by atoms with van der Waals surface area (Å²) >= 11 is 5.04. The van der Waals surface area contributed by atoms with E-state index in [4.69, 9.17) is 5.11 Å². The van der Waals surface area contributed by atoms with Crippen LogP contribution < -0.4 is 5.32 Å². The number of carbonyl (C=O) groups is 1. The molecule has 0 amide bonds. The van der Waals surface area contributed by atoms with Gasteiger partial charge < -0.3 is 10.4 Å². The molecule has 0 spiro atoms. The van der Waals surface area contributed by atoms with Crippen molar-refractivity contribution in [3.05, 3.63) is 28.7 Å². The van der Waals surface area contributed by atoms with Gasteiger partial charge in [-0.05, 0) is 37.7 Å². The molecule has 1 aromatic rings. The first-order chi connectivity index (χ1) is 7.63. The van der Waals surface area contributed by atoms with Gasteiger partial charge in [0, 0.05) is 15.1 Å². The van der Waals surface area contributed by atoms with E-state index < -0.39 is 12.0 Å². The molecule has 1 rings (SSSR count). The van der Waals surface area contributed by atoms with Crippen molar-refractivity contribution in [2.75, 3.05) is 12.8 Å². The zero-order valence-electron chi connectivity index (χ0n) is 8.94. The second-order valence-electron chi connectivity index (χ2n) is 3.27. The lowest BCUT2D eigenvalue weighted by Crippen LogP contribution is -2.34. The van der Waals surface area contributed by atoms with Crippen LogP contribution >= 0.6 is 27.7 Å². The van der Waals surface area contributed by atoms with E-state index >= 15 is 0 Å². The number of benzene rings is 1. The Kier molecular flexibility index (Phi) is 5.87. The van der Waals surface area contributed by atoms with Crippen LogP contribution in [0.25, 0.3) is 0 Å². The molecule has 0 aliphatic heterocycles. The third kappa shape index (κ3) is 4.55. The fourth-order valence-corrected chi connectivity index (χ4v) is 2.40. The number of nitrogens with one attached hydrogen (secondary N) is 1.